The Balaban J connectivity index is 1.78. The van der Waals surface area contributed by atoms with Gasteiger partial charge in [-0.3, -0.25) is 4.99 Å². The van der Waals surface area contributed by atoms with Crippen molar-refractivity contribution < 1.29 is 0 Å². The zero-order valence-electron chi connectivity index (χ0n) is 18.8. The molecular weight excluding hydrogens is 384 g/mol. The smallest absolute Gasteiger partial charge is 0.134 e. The van der Waals surface area contributed by atoms with E-state index in [1.165, 1.54) is 0 Å². The Bertz CT molecular complexity index is 1060. The van der Waals surface area contributed by atoms with Crippen LogP contribution in [0.1, 0.15) is 43.2 Å². The van der Waals surface area contributed by atoms with Gasteiger partial charge in [0.25, 0.3) is 0 Å². The van der Waals surface area contributed by atoms with Gasteiger partial charge in [0.2, 0.25) is 0 Å². The van der Waals surface area contributed by atoms with Gasteiger partial charge in [-0.2, -0.15) is 5.26 Å². The lowest BCUT2D eigenvalue weighted by Gasteiger charge is -2.31. The summed E-state index contributed by atoms with van der Waals surface area (Å²) in [6.07, 6.45) is 6.33. The molecule has 0 saturated carbocycles. The number of nitrogens with one attached hydrogen (secondary N) is 1. The molecule has 31 heavy (non-hydrogen) atoms. The molecule has 2 heterocycles. The number of aliphatic imine (C=N–C) groups is 1. The molecule has 2 aromatic rings. The highest BCUT2D eigenvalue weighted by Crippen LogP contribution is 2.29. The van der Waals surface area contributed by atoms with Gasteiger partial charge in [-0.1, -0.05) is 32.6 Å². The van der Waals surface area contributed by atoms with Gasteiger partial charge in [0.15, 0.2) is 0 Å². The number of hydrogen-bond donors (Lipinski definition) is 1. The minimum atomic E-state index is 0.322. The van der Waals surface area contributed by atoms with E-state index in [4.69, 9.17) is 0 Å². The van der Waals surface area contributed by atoms with Gasteiger partial charge >= 0.3 is 0 Å². The molecule has 0 aliphatic carbocycles. The van der Waals surface area contributed by atoms with Crippen molar-refractivity contribution in [2.75, 3.05) is 23.3 Å². The summed E-state index contributed by atoms with van der Waals surface area (Å²) >= 11 is 0. The minimum Gasteiger partial charge on any atom is -0.366 e. The molecule has 1 aliphatic rings. The van der Waals surface area contributed by atoms with Crippen LogP contribution in [0.5, 0.6) is 0 Å². The van der Waals surface area contributed by atoms with Crippen LogP contribution in [0.15, 0.2) is 53.4 Å². The van der Waals surface area contributed by atoms with Crippen LogP contribution in [-0.4, -0.2) is 29.3 Å². The molecule has 6 heteroatoms. The zero-order chi connectivity index (χ0) is 22.4. The fraction of sp³-hybridized carbons (Fsp3) is 0.360. The van der Waals surface area contributed by atoms with Gasteiger partial charge in [-0.05, 0) is 43.0 Å². The lowest BCUT2D eigenvalue weighted by molar-refractivity contribution is 0.706. The number of benzene rings is 1. The van der Waals surface area contributed by atoms with E-state index in [-0.39, 0.29) is 0 Å². The van der Waals surface area contributed by atoms with Crippen LogP contribution >= 0.6 is 0 Å². The third kappa shape index (κ3) is 5.37. The van der Waals surface area contributed by atoms with Gasteiger partial charge < -0.3 is 10.2 Å². The maximum absolute atomic E-state index is 9.58. The van der Waals surface area contributed by atoms with Crippen LogP contribution in [0.3, 0.4) is 0 Å². The van der Waals surface area contributed by atoms with Crippen molar-refractivity contribution in [3.63, 3.8) is 0 Å². The van der Waals surface area contributed by atoms with E-state index in [0.717, 1.165) is 52.6 Å². The van der Waals surface area contributed by atoms with Crippen LogP contribution in [0.2, 0.25) is 0 Å². The summed E-state index contributed by atoms with van der Waals surface area (Å²) in [7, 11) is 0. The first kappa shape index (κ1) is 22.2. The van der Waals surface area contributed by atoms with Gasteiger partial charge in [0.1, 0.15) is 18.2 Å². The molecule has 0 unspecified atom stereocenters. The van der Waals surface area contributed by atoms with E-state index in [9.17, 15) is 5.26 Å². The summed E-state index contributed by atoms with van der Waals surface area (Å²) in [6, 6.07) is 8.36. The normalized spacial score (nSPS) is 13.9. The number of rotatable bonds is 7. The highest BCUT2D eigenvalue weighted by atomic mass is 15.2. The van der Waals surface area contributed by atoms with Gasteiger partial charge in [0.05, 0.1) is 16.9 Å². The SMILES string of the molecule is C=C(N=C/C(=C\C)CNc1ncnc2c1CN(c1ccc(C)cc1C#N)CC2)C(C)C. The molecule has 0 saturated heterocycles. The first-order chi connectivity index (χ1) is 14.9. The average Bonchev–Trinajstić information content (AvgIpc) is 2.78. The second-order valence-corrected chi connectivity index (χ2v) is 8.07. The summed E-state index contributed by atoms with van der Waals surface area (Å²) < 4.78 is 0. The molecular formula is C25H30N6. The maximum atomic E-state index is 9.58. The van der Waals surface area contributed by atoms with Crippen molar-refractivity contribution in [1.82, 2.24) is 9.97 Å². The molecule has 1 aromatic heterocycles. The molecule has 1 N–H and O–H groups in total. The summed E-state index contributed by atoms with van der Waals surface area (Å²) in [5.41, 5.74) is 6.81. The summed E-state index contributed by atoms with van der Waals surface area (Å²) in [6.45, 7) is 14.3. The second kappa shape index (κ2) is 10.0. The summed E-state index contributed by atoms with van der Waals surface area (Å²) in [5, 5.41) is 13.0. The van der Waals surface area contributed by atoms with E-state index in [0.29, 0.717) is 24.6 Å². The van der Waals surface area contributed by atoms with Crippen LogP contribution in [0, 0.1) is 24.2 Å². The molecule has 0 amide bonds. The van der Waals surface area contributed by atoms with Gasteiger partial charge in [0, 0.05) is 43.5 Å². The Hall–Kier alpha value is -3.46. The molecule has 160 valence electrons. The number of allylic oxidation sites excluding steroid dienone is 2. The quantitative estimate of drug-likeness (QED) is 0.658. The highest BCUT2D eigenvalue weighted by molar-refractivity contribution is 5.80. The Labute approximate surface area is 185 Å². The molecule has 0 radical (unpaired) electrons. The number of aromatic nitrogens is 2. The fourth-order valence-electron chi connectivity index (χ4n) is 3.44. The molecule has 0 bridgehead atoms. The number of anilines is 2. The molecule has 3 rings (SSSR count). The van der Waals surface area contributed by atoms with Crippen LogP contribution < -0.4 is 10.2 Å². The van der Waals surface area contributed by atoms with E-state index >= 15 is 0 Å². The fourth-order valence-corrected chi connectivity index (χ4v) is 3.44. The van der Waals surface area contributed by atoms with Gasteiger partial charge in [-0.25, -0.2) is 9.97 Å². The monoisotopic (exact) mass is 414 g/mol. The lowest BCUT2D eigenvalue weighted by atomic mass is 10.0. The second-order valence-electron chi connectivity index (χ2n) is 8.07. The summed E-state index contributed by atoms with van der Waals surface area (Å²) in [5.74, 6) is 1.15. The number of fused-ring (bicyclic) bond motifs is 1. The largest absolute Gasteiger partial charge is 0.366 e. The lowest BCUT2D eigenvalue weighted by Crippen LogP contribution is -2.32. The average molecular weight is 415 g/mol. The first-order valence-electron chi connectivity index (χ1n) is 10.6. The predicted molar refractivity (Wildman–Crippen MR) is 127 cm³/mol. The number of aryl methyl sites for hydroxylation is 1. The number of hydrogen-bond acceptors (Lipinski definition) is 6. The van der Waals surface area contributed by atoms with Gasteiger partial charge in [-0.15, -0.1) is 0 Å². The van der Waals surface area contributed by atoms with E-state index in [1.807, 2.05) is 38.3 Å². The number of nitrogens with zero attached hydrogens (tertiary/aromatic N) is 5. The van der Waals surface area contributed by atoms with Crippen molar-refractivity contribution in [2.24, 2.45) is 10.9 Å². The van der Waals surface area contributed by atoms with Crippen LogP contribution in [0.4, 0.5) is 11.5 Å². The Kier molecular flexibility index (Phi) is 7.19. The van der Waals surface area contributed by atoms with E-state index < -0.39 is 0 Å². The van der Waals surface area contributed by atoms with Crippen molar-refractivity contribution in [3.8, 4) is 6.07 Å². The van der Waals surface area contributed by atoms with Crippen molar-refractivity contribution in [3.05, 3.63) is 70.8 Å². The molecule has 6 nitrogen and oxygen atoms in total. The van der Waals surface area contributed by atoms with Crippen LogP contribution in [-0.2, 0) is 13.0 Å². The number of nitriles is 1. The first-order valence-corrected chi connectivity index (χ1v) is 10.6. The highest BCUT2D eigenvalue weighted by Gasteiger charge is 2.23. The summed E-state index contributed by atoms with van der Waals surface area (Å²) in [4.78, 5) is 15.7. The Morgan fingerprint density at radius 2 is 2.19 bits per heavy atom. The molecule has 1 aliphatic heterocycles. The topological polar surface area (TPSA) is 77.2 Å². The third-order valence-electron chi connectivity index (χ3n) is 5.51. The van der Waals surface area contributed by atoms with E-state index in [2.05, 4.69) is 57.7 Å². The molecule has 0 atom stereocenters. The zero-order valence-corrected chi connectivity index (χ0v) is 18.8. The van der Waals surface area contributed by atoms with Crippen molar-refractivity contribution in [1.29, 1.82) is 5.26 Å². The van der Waals surface area contributed by atoms with Crippen LogP contribution in [0.25, 0.3) is 0 Å². The molecule has 0 fully saturated rings. The standard InChI is InChI=1S/C25H30N6/c1-6-20(13-27-19(5)17(2)3)14-28-25-22-15-31(10-9-23(22)29-16-30-25)24-8-7-18(4)11-21(24)12-26/h6-8,11,13,16-17H,5,9-10,14-15H2,1-4H3,(H,28,29,30)/b20-6+,27-13?. The van der Waals surface area contributed by atoms with E-state index in [1.54, 1.807) is 6.33 Å². The minimum absolute atomic E-state index is 0.322. The molecule has 0 spiro atoms. The predicted octanol–water partition coefficient (Wildman–Crippen LogP) is 4.82. The molecule has 1 aromatic carbocycles. The Morgan fingerprint density at radius 1 is 1.39 bits per heavy atom. The third-order valence-corrected chi connectivity index (χ3v) is 5.51. The maximum Gasteiger partial charge on any atom is 0.134 e. The van der Waals surface area contributed by atoms with Crippen molar-refractivity contribution >= 4 is 17.7 Å². The Morgan fingerprint density at radius 3 is 2.90 bits per heavy atom. The van der Waals surface area contributed by atoms with Crippen molar-refractivity contribution in [2.45, 2.75) is 40.7 Å².